The number of aromatic nitrogens is 1. The molecule has 17 heavy (non-hydrogen) atoms. The van der Waals surface area contributed by atoms with Crippen molar-refractivity contribution in [3.05, 3.63) is 30.1 Å². The summed E-state index contributed by atoms with van der Waals surface area (Å²) in [5, 5.41) is 0. The lowest BCUT2D eigenvalue weighted by molar-refractivity contribution is -0.130. The van der Waals surface area contributed by atoms with E-state index < -0.39 is 0 Å². The lowest BCUT2D eigenvalue weighted by Gasteiger charge is -2.17. The van der Waals surface area contributed by atoms with Crippen LogP contribution in [0.15, 0.2) is 24.5 Å². The molecular weight excluding hydrogens is 214 g/mol. The predicted molar refractivity (Wildman–Crippen MR) is 68.2 cm³/mol. The van der Waals surface area contributed by atoms with E-state index in [4.69, 9.17) is 5.73 Å². The quantitative estimate of drug-likeness (QED) is 0.814. The predicted octanol–water partition coefficient (Wildman–Crippen LogP) is 1.56. The Morgan fingerprint density at radius 2 is 2.35 bits per heavy atom. The first-order valence-corrected chi connectivity index (χ1v) is 5.98. The molecule has 4 heteroatoms. The van der Waals surface area contributed by atoms with Crippen molar-refractivity contribution >= 4 is 5.91 Å². The molecular formula is C13H21N3O. The van der Waals surface area contributed by atoms with Crippen LogP contribution in [0.2, 0.25) is 0 Å². The van der Waals surface area contributed by atoms with Crippen LogP contribution in [-0.4, -0.2) is 28.9 Å². The van der Waals surface area contributed by atoms with Crippen LogP contribution in [0, 0.1) is 0 Å². The lowest BCUT2D eigenvalue weighted by atomic mass is 10.1. The van der Waals surface area contributed by atoms with Crippen molar-refractivity contribution in [2.24, 2.45) is 5.73 Å². The van der Waals surface area contributed by atoms with Crippen LogP contribution >= 0.6 is 0 Å². The molecule has 2 N–H and O–H groups in total. The lowest BCUT2D eigenvalue weighted by Crippen LogP contribution is -2.26. The van der Waals surface area contributed by atoms with Gasteiger partial charge in [-0.2, -0.15) is 0 Å². The summed E-state index contributed by atoms with van der Waals surface area (Å²) in [7, 11) is 1.82. The van der Waals surface area contributed by atoms with Gasteiger partial charge >= 0.3 is 0 Å². The molecule has 94 valence electrons. The summed E-state index contributed by atoms with van der Waals surface area (Å²) in [4.78, 5) is 17.6. The molecule has 0 aliphatic heterocycles. The van der Waals surface area contributed by atoms with Crippen molar-refractivity contribution in [3.63, 3.8) is 0 Å². The van der Waals surface area contributed by atoms with Gasteiger partial charge in [-0.3, -0.25) is 9.78 Å². The molecule has 0 aliphatic carbocycles. The summed E-state index contributed by atoms with van der Waals surface area (Å²) in [6, 6.07) is 4.02. The average molecular weight is 235 g/mol. The maximum Gasteiger partial charge on any atom is 0.222 e. The highest BCUT2D eigenvalue weighted by molar-refractivity contribution is 5.75. The first-order valence-electron chi connectivity index (χ1n) is 5.98. The van der Waals surface area contributed by atoms with Crippen molar-refractivity contribution in [2.45, 2.75) is 38.8 Å². The highest BCUT2D eigenvalue weighted by Crippen LogP contribution is 2.05. The zero-order valence-corrected chi connectivity index (χ0v) is 10.6. The molecule has 0 radical (unpaired) electrons. The van der Waals surface area contributed by atoms with Gasteiger partial charge in [0.2, 0.25) is 5.91 Å². The summed E-state index contributed by atoms with van der Waals surface area (Å²) in [6.45, 7) is 2.58. The molecule has 4 nitrogen and oxygen atoms in total. The van der Waals surface area contributed by atoms with Crippen LogP contribution in [0.25, 0.3) is 0 Å². The molecule has 0 saturated carbocycles. The van der Waals surface area contributed by atoms with E-state index in [0.717, 1.165) is 18.4 Å². The molecule has 0 fully saturated rings. The Morgan fingerprint density at radius 3 is 2.94 bits per heavy atom. The second-order valence-electron chi connectivity index (χ2n) is 4.48. The van der Waals surface area contributed by atoms with E-state index in [1.165, 1.54) is 0 Å². The third-order valence-electron chi connectivity index (χ3n) is 2.62. The van der Waals surface area contributed by atoms with Crippen molar-refractivity contribution in [2.75, 3.05) is 7.05 Å². The zero-order valence-electron chi connectivity index (χ0n) is 10.6. The molecule has 0 saturated heterocycles. The van der Waals surface area contributed by atoms with Crippen molar-refractivity contribution in [3.8, 4) is 0 Å². The summed E-state index contributed by atoms with van der Waals surface area (Å²) in [5.74, 6) is 0.162. The third kappa shape index (κ3) is 5.45. The number of amides is 1. The maximum atomic E-state index is 11.8. The summed E-state index contributed by atoms with van der Waals surface area (Å²) in [6.07, 6.45) is 5.83. The standard InChI is InChI=1S/C13H21N3O/c1-11(14)5-3-7-13(17)16(2)10-12-6-4-8-15-9-12/h4,6,8-9,11H,3,5,7,10,14H2,1-2H3. The van der Waals surface area contributed by atoms with E-state index in [-0.39, 0.29) is 11.9 Å². The smallest absolute Gasteiger partial charge is 0.222 e. The highest BCUT2D eigenvalue weighted by atomic mass is 16.2. The molecule has 0 aromatic carbocycles. The van der Waals surface area contributed by atoms with Gasteiger partial charge in [0.15, 0.2) is 0 Å². The Morgan fingerprint density at radius 1 is 1.59 bits per heavy atom. The molecule has 1 heterocycles. The van der Waals surface area contributed by atoms with Gasteiger partial charge in [-0.15, -0.1) is 0 Å². The first kappa shape index (κ1) is 13.6. The Kier molecular flexibility index (Phi) is 5.63. The SMILES string of the molecule is CC(N)CCCC(=O)N(C)Cc1cccnc1. The molecule has 0 bridgehead atoms. The fourth-order valence-electron chi connectivity index (χ4n) is 1.62. The largest absolute Gasteiger partial charge is 0.341 e. The van der Waals surface area contributed by atoms with Crippen LogP contribution < -0.4 is 5.73 Å². The molecule has 1 aromatic heterocycles. The second kappa shape index (κ2) is 7.01. The average Bonchev–Trinajstić information content (AvgIpc) is 2.29. The Balaban J connectivity index is 2.32. The minimum atomic E-state index is 0.162. The van der Waals surface area contributed by atoms with E-state index in [1.54, 1.807) is 17.3 Å². The van der Waals surface area contributed by atoms with Gasteiger partial charge in [0.05, 0.1) is 0 Å². The van der Waals surface area contributed by atoms with Gasteiger partial charge in [-0.25, -0.2) is 0 Å². The van der Waals surface area contributed by atoms with E-state index in [9.17, 15) is 4.79 Å². The number of rotatable bonds is 6. The summed E-state index contributed by atoms with van der Waals surface area (Å²) >= 11 is 0. The van der Waals surface area contributed by atoms with Crippen LogP contribution in [0.1, 0.15) is 31.7 Å². The Bertz CT molecular complexity index is 338. The number of hydrogen-bond acceptors (Lipinski definition) is 3. The van der Waals surface area contributed by atoms with E-state index >= 15 is 0 Å². The monoisotopic (exact) mass is 235 g/mol. The number of nitrogens with two attached hydrogens (primary N) is 1. The fraction of sp³-hybridized carbons (Fsp3) is 0.538. The van der Waals surface area contributed by atoms with Gasteiger partial charge in [-0.05, 0) is 31.4 Å². The van der Waals surface area contributed by atoms with Gasteiger partial charge < -0.3 is 10.6 Å². The molecule has 1 amide bonds. The van der Waals surface area contributed by atoms with Gasteiger partial charge in [-0.1, -0.05) is 6.07 Å². The normalized spacial score (nSPS) is 12.2. The molecule has 0 spiro atoms. The topological polar surface area (TPSA) is 59.2 Å². The van der Waals surface area contributed by atoms with Crippen LogP contribution in [0.3, 0.4) is 0 Å². The number of hydrogen-bond donors (Lipinski definition) is 1. The van der Waals surface area contributed by atoms with Crippen molar-refractivity contribution in [1.29, 1.82) is 0 Å². The molecule has 1 rings (SSSR count). The van der Waals surface area contributed by atoms with E-state index in [2.05, 4.69) is 4.98 Å². The molecule has 1 atom stereocenters. The number of nitrogens with zero attached hydrogens (tertiary/aromatic N) is 2. The molecule has 1 aromatic rings. The molecule has 1 unspecified atom stereocenters. The van der Waals surface area contributed by atoms with Gasteiger partial charge in [0.1, 0.15) is 0 Å². The van der Waals surface area contributed by atoms with Crippen LogP contribution in [-0.2, 0) is 11.3 Å². The Hall–Kier alpha value is -1.42. The van der Waals surface area contributed by atoms with Gasteiger partial charge in [0.25, 0.3) is 0 Å². The van der Waals surface area contributed by atoms with E-state index in [1.807, 2.05) is 26.1 Å². The maximum absolute atomic E-state index is 11.8. The van der Waals surface area contributed by atoms with Crippen molar-refractivity contribution in [1.82, 2.24) is 9.88 Å². The summed E-state index contributed by atoms with van der Waals surface area (Å²) < 4.78 is 0. The Labute approximate surface area is 103 Å². The molecule has 0 aliphatic rings. The number of pyridine rings is 1. The van der Waals surface area contributed by atoms with E-state index in [0.29, 0.717) is 13.0 Å². The minimum absolute atomic E-state index is 0.162. The van der Waals surface area contributed by atoms with Crippen LogP contribution in [0.5, 0.6) is 0 Å². The number of carbonyl (C=O) groups excluding carboxylic acids is 1. The fourth-order valence-corrected chi connectivity index (χ4v) is 1.62. The van der Waals surface area contributed by atoms with Crippen molar-refractivity contribution < 1.29 is 4.79 Å². The summed E-state index contributed by atoms with van der Waals surface area (Å²) in [5.41, 5.74) is 6.70. The first-order chi connectivity index (χ1) is 8.09. The second-order valence-corrected chi connectivity index (χ2v) is 4.48. The zero-order chi connectivity index (χ0) is 12.7. The van der Waals surface area contributed by atoms with Gasteiger partial charge in [0, 0.05) is 38.4 Å². The van der Waals surface area contributed by atoms with Crippen LogP contribution in [0.4, 0.5) is 0 Å². The third-order valence-corrected chi connectivity index (χ3v) is 2.62. The highest BCUT2D eigenvalue weighted by Gasteiger charge is 2.09. The minimum Gasteiger partial charge on any atom is -0.341 e. The number of carbonyl (C=O) groups is 1.